The van der Waals surface area contributed by atoms with Crippen molar-refractivity contribution in [3.05, 3.63) is 0 Å². The largest absolute Gasteiger partial charge is 0.468 e. The summed E-state index contributed by atoms with van der Waals surface area (Å²) in [6.07, 6.45) is 2.24. The van der Waals surface area contributed by atoms with E-state index >= 15 is 0 Å². The molecule has 1 saturated carbocycles. The Labute approximate surface area is 94.3 Å². The fourth-order valence-corrected chi connectivity index (χ4v) is 1.54. The van der Waals surface area contributed by atoms with E-state index in [4.69, 9.17) is 11.6 Å². The number of carbonyl (C=O) groups excluding carboxylic acids is 2. The first-order valence-electron chi connectivity index (χ1n) is 5.06. The third kappa shape index (κ3) is 3.70. The predicted molar refractivity (Wildman–Crippen MR) is 56.6 cm³/mol. The van der Waals surface area contributed by atoms with Crippen molar-refractivity contribution in [2.24, 2.45) is 11.8 Å². The SMILES string of the molecule is COC(=O)C(Cl)CNC(=O)C(C)C1CC1. The van der Waals surface area contributed by atoms with Gasteiger partial charge >= 0.3 is 5.97 Å². The van der Waals surface area contributed by atoms with E-state index in [2.05, 4.69) is 10.1 Å². The molecule has 2 atom stereocenters. The minimum Gasteiger partial charge on any atom is -0.468 e. The van der Waals surface area contributed by atoms with Crippen LogP contribution in [-0.4, -0.2) is 30.9 Å². The Bertz CT molecular complexity index is 253. The summed E-state index contributed by atoms with van der Waals surface area (Å²) in [5.74, 6) is -0.0217. The molecule has 15 heavy (non-hydrogen) atoms. The minimum absolute atomic E-state index is 0.0199. The van der Waals surface area contributed by atoms with E-state index in [9.17, 15) is 9.59 Å². The molecule has 1 aliphatic rings. The number of hydrogen-bond donors (Lipinski definition) is 1. The van der Waals surface area contributed by atoms with E-state index < -0.39 is 11.3 Å². The van der Waals surface area contributed by atoms with Crippen LogP contribution in [0.1, 0.15) is 19.8 Å². The summed E-state index contributed by atoms with van der Waals surface area (Å²) in [5.41, 5.74) is 0. The van der Waals surface area contributed by atoms with Gasteiger partial charge in [0.1, 0.15) is 5.38 Å². The smallest absolute Gasteiger partial charge is 0.325 e. The lowest BCUT2D eigenvalue weighted by Gasteiger charge is -2.12. The van der Waals surface area contributed by atoms with Crippen LogP contribution >= 0.6 is 11.6 Å². The van der Waals surface area contributed by atoms with Gasteiger partial charge in [-0.3, -0.25) is 9.59 Å². The first kappa shape index (κ1) is 12.3. The molecule has 0 spiro atoms. The molecule has 1 rings (SSSR count). The van der Waals surface area contributed by atoms with Gasteiger partial charge in [0, 0.05) is 12.5 Å². The van der Waals surface area contributed by atoms with Gasteiger partial charge in [0.05, 0.1) is 7.11 Å². The van der Waals surface area contributed by atoms with Gasteiger partial charge in [0.25, 0.3) is 0 Å². The molecule has 5 heteroatoms. The van der Waals surface area contributed by atoms with Crippen LogP contribution in [0.3, 0.4) is 0 Å². The molecule has 2 unspecified atom stereocenters. The van der Waals surface area contributed by atoms with Crippen molar-refractivity contribution < 1.29 is 14.3 Å². The van der Waals surface area contributed by atoms with Crippen LogP contribution in [0.25, 0.3) is 0 Å². The van der Waals surface area contributed by atoms with Gasteiger partial charge in [-0.15, -0.1) is 11.6 Å². The van der Waals surface area contributed by atoms with Crippen molar-refractivity contribution in [3.8, 4) is 0 Å². The van der Waals surface area contributed by atoms with Crippen molar-refractivity contribution in [2.45, 2.75) is 25.1 Å². The Balaban J connectivity index is 2.23. The summed E-state index contributed by atoms with van der Waals surface area (Å²) in [5, 5.41) is 1.85. The van der Waals surface area contributed by atoms with Gasteiger partial charge in [-0.1, -0.05) is 6.92 Å². The molecule has 0 heterocycles. The molecular weight excluding hydrogens is 218 g/mol. The molecule has 0 radical (unpaired) electrons. The van der Waals surface area contributed by atoms with E-state index in [1.165, 1.54) is 7.11 Å². The quantitative estimate of drug-likeness (QED) is 0.568. The van der Waals surface area contributed by atoms with Crippen LogP contribution in [0.5, 0.6) is 0 Å². The zero-order valence-electron chi connectivity index (χ0n) is 8.96. The number of nitrogens with one attached hydrogen (secondary N) is 1. The maximum absolute atomic E-state index is 11.5. The number of carbonyl (C=O) groups is 2. The highest BCUT2D eigenvalue weighted by molar-refractivity contribution is 6.30. The molecular formula is C10H16ClNO3. The maximum Gasteiger partial charge on any atom is 0.325 e. The van der Waals surface area contributed by atoms with Gasteiger partial charge in [-0.2, -0.15) is 0 Å². The third-order valence-corrected chi connectivity index (χ3v) is 2.99. The van der Waals surface area contributed by atoms with Crippen molar-refractivity contribution in [3.63, 3.8) is 0 Å². The molecule has 1 fully saturated rings. The molecule has 4 nitrogen and oxygen atoms in total. The number of methoxy groups -OCH3 is 1. The zero-order chi connectivity index (χ0) is 11.4. The maximum atomic E-state index is 11.5. The molecule has 1 amide bonds. The number of amides is 1. The molecule has 1 aliphatic carbocycles. The van der Waals surface area contributed by atoms with Gasteiger partial charge < -0.3 is 10.1 Å². The first-order valence-corrected chi connectivity index (χ1v) is 5.49. The summed E-state index contributed by atoms with van der Waals surface area (Å²) in [6.45, 7) is 2.03. The van der Waals surface area contributed by atoms with E-state index in [1.807, 2.05) is 6.92 Å². The number of alkyl halides is 1. The lowest BCUT2D eigenvalue weighted by molar-refractivity contribution is -0.140. The second-order valence-electron chi connectivity index (χ2n) is 3.86. The van der Waals surface area contributed by atoms with Gasteiger partial charge in [-0.05, 0) is 18.8 Å². The highest BCUT2D eigenvalue weighted by Gasteiger charge is 2.32. The van der Waals surface area contributed by atoms with Gasteiger partial charge in [0.2, 0.25) is 5.91 Å². The standard InChI is InChI=1S/C10H16ClNO3/c1-6(7-3-4-7)9(13)12-5-8(11)10(14)15-2/h6-8H,3-5H2,1-2H3,(H,12,13). The van der Waals surface area contributed by atoms with Crippen molar-refractivity contribution >= 4 is 23.5 Å². The monoisotopic (exact) mass is 233 g/mol. The Kier molecular flexibility index (Phi) is 4.39. The van der Waals surface area contributed by atoms with Crippen LogP contribution in [0, 0.1) is 11.8 Å². The summed E-state index contributed by atoms with van der Waals surface area (Å²) >= 11 is 5.69. The fourth-order valence-electron chi connectivity index (χ4n) is 1.37. The summed E-state index contributed by atoms with van der Waals surface area (Å²) < 4.78 is 4.44. The second kappa shape index (κ2) is 5.35. The number of esters is 1. The lowest BCUT2D eigenvalue weighted by atomic mass is 10.1. The average Bonchev–Trinajstić information content (AvgIpc) is 3.06. The molecule has 0 aromatic carbocycles. The van der Waals surface area contributed by atoms with Crippen molar-refractivity contribution in [1.29, 1.82) is 0 Å². The number of ether oxygens (including phenoxy) is 1. The predicted octanol–water partition coefficient (Wildman–Crippen LogP) is 0.929. The van der Waals surface area contributed by atoms with Crippen LogP contribution in [0.4, 0.5) is 0 Å². The number of halogens is 1. The Hall–Kier alpha value is -0.770. The molecule has 0 aromatic heterocycles. The Morgan fingerprint density at radius 3 is 2.60 bits per heavy atom. The van der Waals surface area contributed by atoms with Gasteiger partial charge in [0.15, 0.2) is 0 Å². The molecule has 1 N–H and O–H groups in total. The average molecular weight is 234 g/mol. The van der Waals surface area contributed by atoms with Crippen LogP contribution < -0.4 is 5.32 Å². The van der Waals surface area contributed by atoms with E-state index in [0.717, 1.165) is 12.8 Å². The highest BCUT2D eigenvalue weighted by Crippen LogP contribution is 2.36. The molecule has 0 bridgehead atoms. The van der Waals surface area contributed by atoms with E-state index in [1.54, 1.807) is 0 Å². The molecule has 0 saturated heterocycles. The molecule has 0 aromatic rings. The Morgan fingerprint density at radius 1 is 1.53 bits per heavy atom. The summed E-state index contributed by atoms with van der Waals surface area (Å²) in [4.78, 5) is 22.5. The fraction of sp³-hybridized carbons (Fsp3) is 0.800. The minimum atomic E-state index is -0.801. The van der Waals surface area contributed by atoms with Crippen LogP contribution in [-0.2, 0) is 14.3 Å². The molecule has 0 aliphatic heterocycles. The lowest BCUT2D eigenvalue weighted by Crippen LogP contribution is -2.37. The zero-order valence-corrected chi connectivity index (χ0v) is 9.71. The van der Waals surface area contributed by atoms with E-state index in [-0.39, 0.29) is 18.4 Å². The summed E-state index contributed by atoms with van der Waals surface area (Å²) in [6, 6.07) is 0. The Morgan fingerprint density at radius 2 is 2.13 bits per heavy atom. The molecule has 86 valence electrons. The van der Waals surface area contributed by atoms with Crippen LogP contribution in [0.2, 0.25) is 0 Å². The van der Waals surface area contributed by atoms with Crippen LogP contribution in [0.15, 0.2) is 0 Å². The van der Waals surface area contributed by atoms with Crippen molar-refractivity contribution in [1.82, 2.24) is 5.32 Å². The topological polar surface area (TPSA) is 55.4 Å². The highest BCUT2D eigenvalue weighted by atomic mass is 35.5. The third-order valence-electron chi connectivity index (χ3n) is 2.66. The number of rotatable bonds is 5. The van der Waals surface area contributed by atoms with Crippen molar-refractivity contribution in [2.75, 3.05) is 13.7 Å². The van der Waals surface area contributed by atoms with Gasteiger partial charge in [-0.25, -0.2) is 0 Å². The normalized spacial score (nSPS) is 19.1. The second-order valence-corrected chi connectivity index (χ2v) is 4.39. The number of hydrogen-bond acceptors (Lipinski definition) is 3. The first-order chi connectivity index (χ1) is 7.06. The summed E-state index contributed by atoms with van der Waals surface area (Å²) in [7, 11) is 1.27. The van der Waals surface area contributed by atoms with E-state index in [0.29, 0.717) is 5.92 Å².